The molecule has 1 aromatic heterocycles. The molecule has 4 amide bonds. The summed E-state index contributed by atoms with van der Waals surface area (Å²) in [6.45, 7) is 0.630. The molecular formula is C14H14N4O3. The van der Waals surface area contributed by atoms with Crippen molar-refractivity contribution in [1.29, 1.82) is 0 Å². The number of urea groups is 1. The molecule has 2 aliphatic rings. The quantitative estimate of drug-likeness (QED) is 0.587. The molecule has 0 bridgehead atoms. The van der Waals surface area contributed by atoms with Gasteiger partial charge >= 0.3 is 6.03 Å². The zero-order valence-corrected chi connectivity index (χ0v) is 11.2. The topological polar surface area (TPSA) is 91.4 Å². The van der Waals surface area contributed by atoms with Crippen molar-refractivity contribution in [2.75, 3.05) is 13.1 Å². The highest BCUT2D eigenvalue weighted by atomic mass is 16.2. The third-order valence-corrected chi connectivity index (χ3v) is 3.70. The maximum atomic E-state index is 12.1. The summed E-state index contributed by atoms with van der Waals surface area (Å²) in [5, 5.41) is 4.82. The van der Waals surface area contributed by atoms with Crippen LogP contribution in [0.15, 0.2) is 30.6 Å². The van der Waals surface area contributed by atoms with Gasteiger partial charge in [0.25, 0.3) is 5.91 Å². The molecule has 0 aliphatic carbocycles. The van der Waals surface area contributed by atoms with Crippen LogP contribution in [0.25, 0.3) is 6.08 Å². The number of carbonyl (C=O) groups excluding carboxylic acids is 3. The summed E-state index contributed by atoms with van der Waals surface area (Å²) in [7, 11) is 0. The highest BCUT2D eigenvalue weighted by Crippen LogP contribution is 2.24. The predicted molar refractivity (Wildman–Crippen MR) is 73.9 cm³/mol. The fourth-order valence-electron chi connectivity index (χ4n) is 2.56. The lowest BCUT2D eigenvalue weighted by Crippen LogP contribution is -2.49. The first kappa shape index (κ1) is 13.3. The largest absolute Gasteiger partial charge is 0.336 e. The molecule has 0 saturated carbocycles. The van der Waals surface area contributed by atoms with Crippen LogP contribution >= 0.6 is 0 Å². The molecule has 1 atom stereocenters. The lowest BCUT2D eigenvalue weighted by atomic mass is 10.00. The minimum Gasteiger partial charge on any atom is -0.336 e. The van der Waals surface area contributed by atoms with E-state index in [9.17, 15) is 14.4 Å². The van der Waals surface area contributed by atoms with Gasteiger partial charge in [-0.3, -0.25) is 19.9 Å². The first-order valence-corrected chi connectivity index (χ1v) is 6.60. The highest BCUT2D eigenvalue weighted by Gasteiger charge is 2.51. The summed E-state index contributed by atoms with van der Waals surface area (Å²) < 4.78 is 0. The number of aromatic nitrogens is 1. The predicted octanol–water partition coefficient (Wildman–Crippen LogP) is -0.0947. The number of pyridine rings is 1. The van der Waals surface area contributed by atoms with Crippen LogP contribution in [-0.4, -0.2) is 46.4 Å². The molecule has 2 aliphatic heterocycles. The van der Waals surface area contributed by atoms with Crippen molar-refractivity contribution >= 4 is 23.9 Å². The number of hydrogen-bond acceptors (Lipinski definition) is 4. The van der Waals surface area contributed by atoms with Gasteiger partial charge in [0, 0.05) is 25.0 Å². The Bertz CT molecular complexity index is 628. The van der Waals surface area contributed by atoms with Gasteiger partial charge in [-0.2, -0.15) is 0 Å². The van der Waals surface area contributed by atoms with Gasteiger partial charge < -0.3 is 10.2 Å². The molecule has 1 spiro atoms. The normalized spacial score (nSPS) is 24.7. The minimum atomic E-state index is -0.963. The number of likely N-dealkylation sites (tertiary alicyclic amines) is 1. The van der Waals surface area contributed by atoms with E-state index in [0.717, 1.165) is 5.56 Å². The van der Waals surface area contributed by atoms with Gasteiger partial charge in [0.1, 0.15) is 5.54 Å². The standard InChI is InChI=1S/C14H14N4O3/c19-11(4-3-10-2-1-6-15-8-10)18-7-5-14(9-18)12(20)16-13(21)17-14/h1-4,6,8H,5,7,9H2,(H2,16,17,20,21)/b4-3+. The zero-order chi connectivity index (χ0) is 14.9. The van der Waals surface area contributed by atoms with E-state index in [2.05, 4.69) is 15.6 Å². The number of amides is 4. The maximum absolute atomic E-state index is 12.1. The van der Waals surface area contributed by atoms with E-state index in [1.807, 2.05) is 6.07 Å². The number of carbonyl (C=O) groups is 3. The maximum Gasteiger partial charge on any atom is 0.322 e. The van der Waals surface area contributed by atoms with Crippen LogP contribution in [0.4, 0.5) is 4.79 Å². The van der Waals surface area contributed by atoms with Gasteiger partial charge in [0.2, 0.25) is 5.91 Å². The van der Waals surface area contributed by atoms with E-state index >= 15 is 0 Å². The van der Waals surface area contributed by atoms with Gasteiger partial charge in [-0.15, -0.1) is 0 Å². The molecule has 3 rings (SSSR count). The van der Waals surface area contributed by atoms with Crippen molar-refractivity contribution in [3.8, 4) is 0 Å². The van der Waals surface area contributed by atoms with E-state index in [1.165, 1.54) is 6.08 Å². The molecule has 0 radical (unpaired) electrons. The monoisotopic (exact) mass is 286 g/mol. The Morgan fingerprint density at radius 1 is 1.43 bits per heavy atom. The highest BCUT2D eigenvalue weighted by molar-refractivity contribution is 6.08. The lowest BCUT2D eigenvalue weighted by Gasteiger charge is -2.20. The number of nitrogens with zero attached hydrogens (tertiary/aromatic N) is 2. The first-order chi connectivity index (χ1) is 10.1. The van der Waals surface area contributed by atoms with Crippen LogP contribution < -0.4 is 10.6 Å². The van der Waals surface area contributed by atoms with Crippen molar-refractivity contribution < 1.29 is 14.4 Å². The van der Waals surface area contributed by atoms with Crippen LogP contribution in [0, 0.1) is 0 Å². The van der Waals surface area contributed by atoms with Crippen LogP contribution in [0.2, 0.25) is 0 Å². The number of hydrogen-bond donors (Lipinski definition) is 2. The molecular weight excluding hydrogens is 272 g/mol. The van der Waals surface area contributed by atoms with E-state index in [4.69, 9.17) is 0 Å². The Balaban J connectivity index is 1.66. The number of imide groups is 1. The first-order valence-electron chi connectivity index (χ1n) is 6.60. The van der Waals surface area contributed by atoms with Crippen molar-refractivity contribution in [2.24, 2.45) is 0 Å². The van der Waals surface area contributed by atoms with Crippen LogP contribution in [-0.2, 0) is 9.59 Å². The summed E-state index contributed by atoms with van der Waals surface area (Å²) in [6.07, 6.45) is 6.86. The fraction of sp³-hybridized carbons (Fsp3) is 0.286. The van der Waals surface area contributed by atoms with Gasteiger partial charge in [-0.25, -0.2) is 4.79 Å². The van der Waals surface area contributed by atoms with Crippen LogP contribution in [0.5, 0.6) is 0 Å². The van der Waals surface area contributed by atoms with Gasteiger partial charge in [-0.1, -0.05) is 6.07 Å². The van der Waals surface area contributed by atoms with E-state index < -0.39 is 11.6 Å². The molecule has 108 valence electrons. The van der Waals surface area contributed by atoms with Gasteiger partial charge in [0.15, 0.2) is 0 Å². The van der Waals surface area contributed by atoms with Crippen LogP contribution in [0.3, 0.4) is 0 Å². The minimum absolute atomic E-state index is 0.190. The molecule has 2 N–H and O–H groups in total. The molecule has 2 fully saturated rings. The second-order valence-electron chi connectivity index (χ2n) is 5.12. The molecule has 7 heteroatoms. The van der Waals surface area contributed by atoms with Crippen LogP contribution in [0.1, 0.15) is 12.0 Å². The lowest BCUT2D eigenvalue weighted by molar-refractivity contribution is -0.126. The van der Waals surface area contributed by atoms with E-state index in [1.54, 1.807) is 29.4 Å². The molecule has 2 saturated heterocycles. The molecule has 3 heterocycles. The third kappa shape index (κ3) is 2.49. The summed E-state index contributed by atoms with van der Waals surface area (Å²) in [5.74, 6) is -0.552. The van der Waals surface area contributed by atoms with Crippen molar-refractivity contribution in [1.82, 2.24) is 20.5 Å². The molecule has 1 aromatic rings. The van der Waals surface area contributed by atoms with Gasteiger partial charge in [-0.05, 0) is 24.1 Å². The Labute approximate surface area is 121 Å². The fourth-order valence-corrected chi connectivity index (χ4v) is 2.56. The van der Waals surface area contributed by atoms with Crippen molar-refractivity contribution in [3.05, 3.63) is 36.2 Å². The van der Waals surface area contributed by atoms with Gasteiger partial charge in [0.05, 0.1) is 6.54 Å². The Morgan fingerprint density at radius 2 is 2.29 bits per heavy atom. The Morgan fingerprint density at radius 3 is 2.95 bits per heavy atom. The Hall–Kier alpha value is -2.70. The van der Waals surface area contributed by atoms with E-state index in [-0.39, 0.29) is 18.4 Å². The molecule has 7 nitrogen and oxygen atoms in total. The van der Waals surface area contributed by atoms with E-state index in [0.29, 0.717) is 13.0 Å². The van der Waals surface area contributed by atoms with Crippen molar-refractivity contribution in [3.63, 3.8) is 0 Å². The van der Waals surface area contributed by atoms with Crippen molar-refractivity contribution in [2.45, 2.75) is 12.0 Å². The Kier molecular flexibility index (Phi) is 3.17. The second-order valence-corrected chi connectivity index (χ2v) is 5.12. The molecule has 21 heavy (non-hydrogen) atoms. The number of rotatable bonds is 2. The summed E-state index contributed by atoms with van der Waals surface area (Å²) in [5.41, 5.74) is -0.138. The SMILES string of the molecule is O=C1NC(=O)C2(CCN(C(=O)/C=C/c3cccnc3)C2)N1. The number of nitrogens with one attached hydrogen (secondary N) is 2. The smallest absolute Gasteiger partial charge is 0.322 e. The second kappa shape index (κ2) is 5.01. The summed E-state index contributed by atoms with van der Waals surface area (Å²) in [4.78, 5) is 40.7. The molecule has 1 unspecified atom stereocenters. The summed E-state index contributed by atoms with van der Waals surface area (Å²) >= 11 is 0. The summed E-state index contributed by atoms with van der Waals surface area (Å²) in [6, 6.07) is 3.13. The average Bonchev–Trinajstić information content (AvgIpc) is 3.02. The average molecular weight is 286 g/mol. The zero-order valence-electron chi connectivity index (χ0n) is 11.2. The molecule has 0 aromatic carbocycles. The third-order valence-electron chi connectivity index (χ3n) is 3.70.